The van der Waals surface area contributed by atoms with Crippen LogP contribution < -0.4 is 5.32 Å². The van der Waals surface area contributed by atoms with E-state index in [1.807, 2.05) is 6.92 Å². The summed E-state index contributed by atoms with van der Waals surface area (Å²) in [6, 6.07) is 2.09. The van der Waals surface area contributed by atoms with Crippen molar-refractivity contribution in [1.82, 2.24) is 5.32 Å². The average molecular weight is 251 g/mol. The molecule has 1 aromatic carbocycles. The van der Waals surface area contributed by atoms with Crippen molar-refractivity contribution in [2.45, 2.75) is 46.8 Å². The highest BCUT2D eigenvalue weighted by Gasteiger charge is 2.21. The van der Waals surface area contributed by atoms with Gasteiger partial charge in [0.25, 0.3) is 0 Å². The Hall–Kier alpha value is -0.900. The van der Waals surface area contributed by atoms with Crippen LogP contribution >= 0.6 is 0 Å². The van der Waals surface area contributed by atoms with Crippen molar-refractivity contribution in [3.8, 4) is 0 Å². The normalized spacial score (nSPS) is 14.6. The molecule has 0 aliphatic rings. The largest absolute Gasteiger partial charge is 0.395 e. The molecule has 3 nitrogen and oxygen atoms in total. The minimum Gasteiger partial charge on any atom is -0.395 e. The van der Waals surface area contributed by atoms with Gasteiger partial charge < -0.3 is 15.5 Å². The summed E-state index contributed by atoms with van der Waals surface area (Å²) in [5.41, 5.74) is 5.75. The van der Waals surface area contributed by atoms with E-state index in [2.05, 4.69) is 39.1 Å². The number of aliphatic hydroxyl groups is 2. The molecule has 18 heavy (non-hydrogen) atoms. The lowest BCUT2D eigenvalue weighted by Gasteiger charge is -2.25. The Kier molecular flexibility index (Phi) is 5.32. The number of rotatable bonds is 5. The molecular formula is C15H25NO2. The lowest BCUT2D eigenvalue weighted by Crippen LogP contribution is -2.34. The van der Waals surface area contributed by atoms with Gasteiger partial charge in [-0.25, -0.2) is 0 Å². The fourth-order valence-corrected chi connectivity index (χ4v) is 2.34. The van der Waals surface area contributed by atoms with E-state index in [-0.39, 0.29) is 12.6 Å². The molecule has 0 spiro atoms. The molecule has 0 aliphatic heterocycles. The quantitative estimate of drug-likeness (QED) is 0.749. The molecule has 2 atom stereocenters. The van der Waals surface area contributed by atoms with Crippen LogP contribution in [-0.4, -0.2) is 29.4 Å². The number of aliphatic hydroxyl groups excluding tert-OH is 2. The van der Waals surface area contributed by atoms with Gasteiger partial charge in [-0.05, 0) is 62.4 Å². The molecule has 3 N–H and O–H groups in total. The Bertz CT molecular complexity index is 389. The minimum absolute atomic E-state index is 0.0734. The van der Waals surface area contributed by atoms with E-state index in [4.69, 9.17) is 5.11 Å². The maximum atomic E-state index is 10.5. The number of hydrogen-bond donors (Lipinski definition) is 3. The molecular weight excluding hydrogens is 226 g/mol. The SMILES string of the molecule is Cc1cc(C)c(C)c(C(O)C(C)NCCO)c1C. The third-order valence-electron chi connectivity index (χ3n) is 3.77. The molecule has 0 radical (unpaired) electrons. The van der Waals surface area contributed by atoms with Crippen LogP contribution in [0.25, 0.3) is 0 Å². The van der Waals surface area contributed by atoms with E-state index in [0.717, 1.165) is 16.7 Å². The first kappa shape index (κ1) is 15.2. The topological polar surface area (TPSA) is 52.5 Å². The highest BCUT2D eigenvalue weighted by Crippen LogP contribution is 2.29. The predicted molar refractivity (Wildman–Crippen MR) is 74.9 cm³/mol. The maximum absolute atomic E-state index is 10.5. The zero-order valence-corrected chi connectivity index (χ0v) is 12.0. The predicted octanol–water partition coefficient (Wildman–Crippen LogP) is 1.92. The zero-order chi connectivity index (χ0) is 13.9. The second-order valence-electron chi connectivity index (χ2n) is 5.09. The molecule has 0 saturated carbocycles. The summed E-state index contributed by atoms with van der Waals surface area (Å²) >= 11 is 0. The van der Waals surface area contributed by atoms with Crippen molar-refractivity contribution in [2.24, 2.45) is 0 Å². The summed E-state index contributed by atoms with van der Waals surface area (Å²) in [5.74, 6) is 0. The monoisotopic (exact) mass is 251 g/mol. The van der Waals surface area contributed by atoms with E-state index < -0.39 is 6.10 Å². The third-order valence-corrected chi connectivity index (χ3v) is 3.77. The van der Waals surface area contributed by atoms with Crippen LogP contribution in [-0.2, 0) is 0 Å². The first-order valence-electron chi connectivity index (χ1n) is 6.49. The van der Waals surface area contributed by atoms with Crippen molar-refractivity contribution in [3.05, 3.63) is 33.9 Å². The lowest BCUT2D eigenvalue weighted by molar-refractivity contribution is 0.131. The van der Waals surface area contributed by atoms with Crippen molar-refractivity contribution in [1.29, 1.82) is 0 Å². The second kappa shape index (κ2) is 6.32. The number of hydrogen-bond acceptors (Lipinski definition) is 3. The fourth-order valence-electron chi connectivity index (χ4n) is 2.34. The van der Waals surface area contributed by atoms with E-state index in [1.165, 1.54) is 11.1 Å². The van der Waals surface area contributed by atoms with E-state index in [1.54, 1.807) is 0 Å². The number of benzene rings is 1. The lowest BCUT2D eigenvalue weighted by atomic mass is 9.88. The molecule has 2 unspecified atom stereocenters. The smallest absolute Gasteiger partial charge is 0.0945 e. The van der Waals surface area contributed by atoms with Crippen molar-refractivity contribution in [2.75, 3.05) is 13.2 Å². The highest BCUT2D eigenvalue weighted by molar-refractivity contribution is 5.45. The molecule has 0 aliphatic carbocycles. The van der Waals surface area contributed by atoms with Crippen LogP contribution in [0, 0.1) is 27.7 Å². The van der Waals surface area contributed by atoms with Crippen LogP contribution in [0.2, 0.25) is 0 Å². The summed E-state index contributed by atoms with van der Waals surface area (Å²) < 4.78 is 0. The van der Waals surface area contributed by atoms with Crippen molar-refractivity contribution < 1.29 is 10.2 Å². The van der Waals surface area contributed by atoms with Gasteiger partial charge in [0.2, 0.25) is 0 Å². The fraction of sp³-hybridized carbons (Fsp3) is 0.600. The summed E-state index contributed by atoms with van der Waals surface area (Å²) in [5, 5.41) is 22.4. The van der Waals surface area contributed by atoms with E-state index in [9.17, 15) is 5.11 Å². The van der Waals surface area contributed by atoms with Gasteiger partial charge in [-0.15, -0.1) is 0 Å². The molecule has 3 heteroatoms. The van der Waals surface area contributed by atoms with Crippen molar-refractivity contribution in [3.63, 3.8) is 0 Å². The Balaban J connectivity index is 3.08. The third kappa shape index (κ3) is 3.10. The van der Waals surface area contributed by atoms with Gasteiger partial charge in [0, 0.05) is 12.6 Å². The molecule has 0 bridgehead atoms. The van der Waals surface area contributed by atoms with Gasteiger partial charge in [0.05, 0.1) is 12.7 Å². The van der Waals surface area contributed by atoms with Gasteiger partial charge in [0.1, 0.15) is 0 Å². The van der Waals surface area contributed by atoms with Crippen LogP contribution in [0.5, 0.6) is 0 Å². The first-order valence-corrected chi connectivity index (χ1v) is 6.49. The summed E-state index contributed by atoms with van der Waals surface area (Å²) in [7, 11) is 0. The Labute approximate surface area is 110 Å². The van der Waals surface area contributed by atoms with Gasteiger partial charge in [-0.3, -0.25) is 0 Å². The van der Waals surface area contributed by atoms with Gasteiger partial charge in [0.15, 0.2) is 0 Å². The molecule has 0 heterocycles. The Morgan fingerprint density at radius 3 is 2.06 bits per heavy atom. The summed E-state index contributed by atoms with van der Waals surface area (Å²) in [6.07, 6.45) is -0.546. The standard InChI is InChI=1S/C15H25NO2/c1-9-8-10(2)12(4)14(11(9)3)15(18)13(5)16-6-7-17/h8,13,15-18H,6-7H2,1-5H3. The second-order valence-corrected chi connectivity index (χ2v) is 5.09. The van der Waals surface area contributed by atoms with Crippen molar-refractivity contribution >= 4 is 0 Å². The first-order chi connectivity index (χ1) is 8.40. The van der Waals surface area contributed by atoms with Crippen LogP contribution in [0.3, 0.4) is 0 Å². The van der Waals surface area contributed by atoms with Crippen LogP contribution in [0.1, 0.15) is 40.8 Å². The molecule has 0 amide bonds. The maximum Gasteiger partial charge on any atom is 0.0945 e. The summed E-state index contributed by atoms with van der Waals surface area (Å²) in [6.45, 7) is 10.8. The molecule has 0 fully saturated rings. The van der Waals surface area contributed by atoms with Crippen LogP contribution in [0.15, 0.2) is 6.07 Å². The molecule has 102 valence electrons. The number of aryl methyl sites for hydroxylation is 2. The van der Waals surface area contributed by atoms with Gasteiger partial charge >= 0.3 is 0 Å². The molecule has 1 rings (SSSR count). The highest BCUT2D eigenvalue weighted by atomic mass is 16.3. The zero-order valence-electron chi connectivity index (χ0n) is 12.0. The van der Waals surface area contributed by atoms with Gasteiger partial charge in [-0.2, -0.15) is 0 Å². The number of nitrogens with one attached hydrogen (secondary N) is 1. The van der Waals surface area contributed by atoms with E-state index >= 15 is 0 Å². The Morgan fingerprint density at radius 2 is 1.61 bits per heavy atom. The van der Waals surface area contributed by atoms with Gasteiger partial charge in [-0.1, -0.05) is 6.07 Å². The summed E-state index contributed by atoms with van der Waals surface area (Å²) in [4.78, 5) is 0. The molecule has 0 aromatic heterocycles. The Morgan fingerprint density at radius 1 is 1.11 bits per heavy atom. The average Bonchev–Trinajstić information content (AvgIpc) is 2.33. The van der Waals surface area contributed by atoms with Crippen LogP contribution in [0.4, 0.5) is 0 Å². The minimum atomic E-state index is -0.546. The molecule has 0 saturated heterocycles. The molecule has 1 aromatic rings. The van der Waals surface area contributed by atoms with E-state index in [0.29, 0.717) is 6.54 Å².